The van der Waals surface area contributed by atoms with E-state index in [0.717, 1.165) is 32.7 Å². The van der Waals surface area contributed by atoms with E-state index in [1.54, 1.807) is 0 Å². The number of carbonyl (C=O) groups is 2. The lowest BCUT2D eigenvalue weighted by Gasteiger charge is -2.43. The first-order valence-electron chi connectivity index (χ1n) is 6.80. The molecule has 1 rings (SSSR count). The van der Waals surface area contributed by atoms with Crippen molar-refractivity contribution in [1.82, 2.24) is 15.1 Å². The molecule has 2 N–H and O–H groups in total. The summed E-state index contributed by atoms with van der Waals surface area (Å²) < 4.78 is 0. The van der Waals surface area contributed by atoms with Gasteiger partial charge in [0, 0.05) is 26.2 Å². The fourth-order valence-electron chi connectivity index (χ4n) is 2.20. The van der Waals surface area contributed by atoms with Gasteiger partial charge in [-0.2, -0.15) is 0 Å². The van der Waals surface area contributed by atoms with Crippen LogP contribution in [0, 0.1) is 0 Å². The molecule has 1 heterocycles. The van der Waals surface area contributed by atoms with Crippen LogP contribution in [0.2, 0.25) is 0 Å². The van der Waals surface area contributed by atoms with Gasteiger partial charge in [0.2, 0.25) is 5.91 Å². The van der Waals surface area contributed by atoms with Gasteiger partial charge >= 0.3 is 5.97 Å². The number of hydrogen-bond acceptors (Lipinski definition) is 4. The van der Waals surface area contributed by atoms with E-state index >= 15 is 0 Å². The number of nitrogens with zero attached hydrogens (tertiary/aromatic N) is 2. The molecule has 1 amide bonds. The zero-order valence-electron chi connectivity index (χ0n) is 12.3. The molecule has 19 heavy (non-hydrogen) atoms. The normalized spacial score (nSPS) is 20.0. The van der Waals surface area contributed by atoms with E-state index in [1.165, 1.54) is 6.92 Å². The zero-order valence-corrected chi connectivity index (χ0v) is 12.3. The van der Waals surface area contributed by atoms with Crippen molar-refractivity contribution in [2.45, 2.75) is 39.3 Å². The van der Waals surface area contributed by atoms with Gasteiger partial charge in [-0.3, -0.25) is 14.5 Å². The lowest BCUT2D eigenvalue weighted by Crippen LogP contribution is -2.61. The van der Waals surface area contributed by atoms with E-state index in [4.69, 9.17) is 5.11 Å². The van der Waals surface area contributed by atoms with Gasteiger partial charge in [0.25, 0.3) is 0 Å². The molecule has 0 spiro atoms. The molecule has 110 valence electrons. The van der Waals surface area contributed by atoms with Crippen LogP contribution in [0.4, 0.5) is 0 Å². The van der Waals surface area contributed by atoms with Crippen LogP contribution in [0.5, 0.6) is 0 Å². The van der Waals surface area contributed by atoms with Crippen LogP contribution in [0.3, 0.4) is 0 Å². The van der Waals surface area contributed by atoms with E-state index in [9.17, 15) is 9.59 Å². The third-order valence-electron chi connectivity index (χ3n) is 3.88. The maximum absolute atomic E-state index is 12.2. The Labute approximate surface area is 114 Å². The Morgan fingerprint density at radius 1 is 1.26 bits per heavy atom. The van der Waals surface area contributed by atoms with E-state index in [0.29, 0.717) is 0 Å². The van der Waals surface area contributed by atoms with Crippen molar-refractivity contribution in [2.24, 2.45) is 0 Å². The molecule has 0 aromatic carbocycles. The molecule has 0 saturated carbocycles. The van der Waals surface area contributed by atoms with Crippen molar-refractivity contribution < 1.29 is 14.7 Å². The molecule has 0 bridgehead atoms. The van der Waals surface area contributed by atoms with E-state index in [2.05, 4.69) is 22.0 Å². The molecule has 0 aromatic heterocycles. The van der Waals surface area contributed by atoms with Crippen molar-refractivity contribution >= 4 is 11.9 Å². The first-order chi connectivity index (χ1) is 8.78. The van der Waals surface area contributed by atoms with E-state index in [-0.39, 0.29) is 5.91 Å². The Kier molecular flexibility index (Phi) is 5.31. The molecule has 1 atom stereocenters. The first-order valence-corrected chi connectivity index (χ1v) is 6.80. The van der Waals surface area contributed by atoms with E-state index < -0.39 is 17.6 Å². The second-order valence-corrected chi connectivity index (χ2v) is 5.51. The molecular formula is C13H25N3O3. The highest BCUT2D eigenvalue weighted by Gasteiger charge is 2.37. The molecule has 6 heteroatoms. The number of carboxylic acid groups (broad SMARTS) is 1. The smallest absolute Gasteiger partial charge is 0.325 e. The average Bonchev–Trinajstić information content (AvgIpc) is 2.38. The number of piperazine rings is 1. The Morgan fingerprint density at radius 2 is 1.79 bits per heavy atom. The third-order valence-corrected chi connectivity index (χ3v) is 3.88. The van der Waals surface area contributed by atoms with Crippen LogP contribution in [0.25, 0.3) is 0 Å². The van der Waals surface area contributed by atoms with Gasteiger partial charge < -0.3 is 15.3 Å². The number of aliphatic carboxylic acids is 1. The summed E-state index contributed by atoms with van der Waals surface area (Å²) in [6, 6.07) is -0.858. The number of carboxylic acids is 1. The average molecular weight is 271 g/mol. The zero-order chi connectivity index (χ0) is 14.6. The summed E-state index contributed by atoms with van der Waals surface area (Å²) in [6.07, 6.45) is 0. The lowest BCUT2D eigenvalue weighted by atomic mass is 9.99. The molecular weight excluding hydrogens is 246 g/mol. The van der Waals surface area contributed by atoms with Gasteiger partial charge in [0.1, 0.15) is 6.04 Å². The number of nitrogens with one attached hydrogen (secondary N) is 1. The molecule has 1 fully saturated rings. The minimum atomic E-state index is -1.01. The predicted octanol–water partition coefficient (Wildman–Crippen LogP) is -0.00820. The monoisotopic (exact) mass is 271 g/mol. The number of hydrogen-bond donors (Lipinski definition) is 2. The Hall–Kier alpha value is -1.14. The SMILES string of the molecule is CCN1CCN(C(C)(C)C(=O)NC(C)C(=O)O)CC1. The third kappa shape index (κ3) is 3.91. The van der Waals surface area contributed by atoms with Crippen LogP contribution < -0.4 is 5.32 Å². The molecule has 0 aliphatic carbocycles. The maximum atomic E-state index is 12.2. The first kappa shape index (κ1) is 15.9. The van der Waals surface area contributed by atoms with Crippen LogP contribution in [0.1, 0.15) is 27.7 Å². The van der Waals surface area contributed by atoms with Crippen LogP contribution in [-0.4, -0.2) is 71.1 Å². The van der Waals surface area contributed by atoms with Gasteiger partial charge in [0.05, 0.1) is 5.54 Å². The Morgan fingerprint density at radius 3 is 2.21 bits per heavy atom. The topological polar surface area (TPSA) is 72.9 Å². The Bertz CT molecular complexity index is 336. The van der Waals surface area contributed by atoms with Gasteiger partial charge in [-0.1, -0.05) is 6.92 Å². The minimum absolute atomic E-state index is 0.229. The fraction of sp³-hybridized carbons (Fsp3) is 0.846. The summed E-state index contributed by atoms with van der Waals surface area (Å²) in [6.45, 7) is 11.9. The highest BCUT2D eigenvalue weighted by molar-refractivity contribution is 5.89. The van der Waals surface area contributed by atoms with Gasteiger partial charge in [0.15, 0.2) is 0 Å². The van der Waals surface area contributed by atoms with Crippen molar-refractivity contribution in [3.05, 3.63) is 0 Å². The number of amides is 1. The van der Waals surface area contributed by atoms with E-state index in [1.807, 2.05) is 13.8 Å². The van der Waals surface area contributed by atoms with Gasteiger partial charge in [-0.05, 0) is 27.3 Å². The highest BCUT2D eigenvalue weighted by Crippen LogP contribution is 2.17. The molecule has 0 radical (unpaired) electrons. The molecule has 1 aliphatic rings. The summed E-state index contributed by atoms with van der Waals surface area (Å²) in [5, 5.41) is 11.4. The largest absolute Gasteiger partial charge is 0.480 e. The summed E-state index contributed by atoms with van der Waals surface area (Å²) in [7, 11) is 0. The summed E-state index contributed by atoms with van der Waals surface area (Å²) in [4.78, 5) is 27.4. The molecule has 1 unspecified atom stereocenters. The summed E-state index contributed by atoms with van der Waals surface area (Å²) >= 11 is 0. The highest BCUT2D eigenvalue weighted by atomic mass is 16.4. The molecule has 0 aromatic rings. The van der Waals surface area contributed by atoms with Crippen molar-refractivity contribution in [3.8, 4) is 0 Å². The van der Waals surface area contributed by atoms with Gasteiger partial charge in [-0.15, -0.1) is 0 Å². The van der Waals surface area contributed by atoms with Crippen molar-refractivity contribution in [3.63, 3.8) is 0 Å². The quantitative estimate of drug-likeness (QED) is 0.736. The second kappa shape index (κ2) is 6.34. The van der Waals surface area contributed by atoms with Gasteiger partial charge in [-0.25, -0.2) is 0 Å². The molecule has 1 saturated heterocycles. The fourth-order valence-corrected chi connectivity index (χ4v) is 2.20. The van der Waals surface area contributed by atoms with Crippen LogP contribution in [-0.2, 0) is 9.59 Å². The Balaban J connectivity index is 2.59. The number of rotatable bonds is 5. The van der Waals surface area contributed by atoms with Crippen LogP contribution in [0.15, 0.2) is 0 Å². The second-order valence-electron chi connectivity index (χ2n) is 5.51. The standard InChI is InChI=1S/C13H25N3O3/c1-5-15-6-8-16(9-7-15)13(3,4)12(19)14-10(2)11(17)18/h10H,5-9H2,1-4H3,(H,14,19)(H,17,18). The maximum Gasteiger partial charge on any atom is 0.325 e. The molecule has 6 nitrogen and oxygen atoms in total. The number of carbonyl (C=O) groups excluding carboxylic acids is 1. The summed E-state index contributed by atoms with van der Waals surface area (Å²) in [5.74, 6) is -1.24. The lowest BCUT2D eigenvalue weighted by molar-refractivity contribution is -0.144. The minimum Gasteiger partial charge on any atom is -0.480 e. The van der Waals surface area contributed by atoms with Crippen molar-refractivity contribution in [1.29, 1.82) is 0 Å². The van der Waals surface area contributed by atoms with Crippen molar-refractivity contribution in [2.75, 3.05) is 32.7 Å². The van der Waals surface area contributed by atoms with Crippen LogP contribution >= 0.6 is 0 Å². The predicted molar refractivity (Wildman–Crippen MR) is 73.0 cm³/mol. The summed E-state index contributed by atoms with van der Waals surface area (Å²) in [5.41, 5.74) is -0.677. The molecule has 1 aliphatic heterocycles. The number of likely N-dealkylation sites (N-methyl/N-ethyl adjacent to an activating group) is 1.